The molecule has 0 saturated carbocycles. The quantitative estimate of drug-likeness (QED) is 0.478. The lowest BCUT2D eigenvalue weighted by atomic mass is 10.00. The van der Waals surface area contributed by atoms with Crippen LogP contribution in [0.1, 0.15) is 44.0 Å². The third-order valence-corrected chi connectivity index (χ3v) is 3.71. The number of amides is 1. The van der Waals surface area contributed by atoms with Crippen molar-refractivity contribution >= 4 is 28.9 Å². The van der Waals surface area contributed by atoms with Gasteiger partial charge < -0.3 is 11.1 Å². The highest BCUT2D eigenvalue weighted by atomic mass is 35.5. The highest BCUT2D eigenvalue weighted by Gasteiger charge is 2.20. The number of nitrogens with one attached hydrogen (secondary N) is 1. The van der Waals surface area contributed by atoms with Crippen molar-refractivity contribution in [3.05, 3.63) is 32.8 Å². The summed E-state index contributed by atoms with van der Waals surface area (Å²) >= 11 is 5.84. The number of rotatable bonds is 6. The molecule has 6 nitrogen and oxygen atoms in total. The molecule has 0 aromatic heterocycles. The van der Waals surface area contributed by atoms with E-state index in [4.69, 9.17) is 17.3 Å². The second-order valence-corrected chi connectivity index (χ2v) is 5.68. The Morgan fingerprint density at radius 3 is 2.62 bits per heavy atom. The summed E-state index contributed by atoms with van der Waals surface area (Å²) in [5, 5.41) is 13.7. The van der Waals surface area contributed by atoms with Crippen molar-refractivity contribution in [3.63, 3.8) is 0 Å². The fourth-order valence-electron chi connectivity index (χ4n) is 2.02. The van der Waals surface area contributed by atoms with E-state index in [-0.39, 0.29) is 28.0 Å². The van der Waals surface area contributed by atoms with Crippen LogP contribution in [0.3, 0.4) is 0 Å². The number of nitrogen functional groups attached to an aromatic ring is 1. The van der Waals surface area contributed by atoms with Crippen LogP contribution in [-0.2, 0) is 0 Å². The summed E-state index contributed by atoms with van der Waals surface area (Å²) in [5.41, 5.74) is 5.18. The lowest BCUT2D eigenvalue weighted by molar-refractivity contribution is -0.383. The Bertz CT molecular complexity index is 549. The van der Waals surface area contributed by atoms with Gasteiger partial charge in [-0.3, -0.25) is 14.9 Å². The highest BCUT2D eigenvalue weighted by Crippen LogP contribution is 2.30. The smallest absolute Gasteiger partial charge is 0.294 e. The molecule has 0 spiro atoms. The van der Waals surface area contributed by atoms with E-state index >= 15 is 0 Å². The molecule has 0 aliphatic carbocycles. The summed E-state index contributed by atoms with van der Waals surface area (Å²) in [5.74, 6) is 0.0976. The average Bonchev–Trinajstić information content (AvgIpc) is 2.40. The fourth-order valence-corrected chi connectivity index (χ4v) is 2.24. The van der Waals surface area contributed by atoms with Gasteiger partial charge in [-0.25, -0.2) is 0 Å². The normalized spacial score (nSPS) is 13.5. The number of halogens is 1. The first-order chi connectivity index (χ1) is 9.76. The van der Waals surface area contributed by atoms with E-state index in [9.17, 15) is 14.9 Å². The minimum absolute atomic E-state index is 0.00364. The van der Waals surface area contributed by atoms with Crippen molar-refractivity contribution in [2.24, 2.45) is 5.92 Å². The molecular formula is C14H20ClN3O3. The Kier molecular flexibility index (Phi) is 5.96. The van der Waals surface area contributed by atoms with E-state index < -0.39 is 10.8 Å². The minimum atomic E-state index is -0.652. The van der Waals surface area contributed by atoms with Gasteiger partial charge in [0.25, 0.3) is 11.6 Å². The molecule has 7 heteroatoms. The van der Waals surface area contributed by atoms with Gasteiger partial charge in [0.1, 0.15) is 5.69 Å². The molecule has 2 unspecified atom stereocenters. The minimum Gasteiger partial charge on any atom is -0.392 e. The van der Waals surface area contributed by atoms with Crippen molar-refractivity contribution in [2.75, 3.05) is 5.73 Å². The maximum Gasteiger partial charge on any atom is 0.294 e. The van der Waals surface area contributed by atoms with Gasteiger partial charge in [-0.2, -0.15) is 0 Å². The summed E-state index contributed by atoms with van der Waals surface area (Å²) in [6, 6.07) is 2.46. The monoisotopic (exact) mass is 313 g/mol. The first kappa shape index (κ1) is 17.2. The lowest BCUT2D eigenvalue weighted by Gasteiger charge is -2.17. The average molecular weight is 314 g/mol. The molecule has 3 N–H and O–H groups in total. The molecule has 21 heavy (non-hydrogen) atoms. The van der Waals surface area contributed by atoms with Crippen LogP contribution in [0, 0.1) is 16.0 Å². The molecular weight excluding hydrogens is 294 g/mol. The Balaban J connectivity index is 2.90. The van der Waals surface area contributed by atoms with Crippen molar-refractivity contribution in [1.29, 1.82) is 0 Å². The number of nitrogens with zero attached hydrogens (tertiary/aromatic N) is 1. The van der Waals surface area contributed by atoms with E-state index in [2.05, 4.69) is 19.2 Å². The summed E-state index contributed by atoms with van der Waals surface area (Å²) in [4.78, 5) is 22.4. The molecule has 2 atom stereocenters. The van der Waals surface area contributed by atoms with Crippen LogP contribution in [0.5, 0.6) is 0 Å². The van der Waals surface area contributed by atoms with Gasteiger partial charge in [-0.15, -0.1) is 0 Å². The molecule has 1 rings (SSSR count). The third kappa shape index (κ3) is 4.60. The maximum absolute atomic E-state index is 12.1. The molecule has 0 heterocycles. The van der Waals surface area contributed by atoms with Crippen LogP contribution in [0.15, 0.2) is 12.1 Å². The van der Waals surface area contributed by atoms with Gasteiger partial charge in [0, 0.05) is 17.7 Å². The SMILES string of the molecule is CCC(C)CC(C)NC(=O)c1cc(Cl)c(N)c([N+](=O)[O-])c1. The Morgan fingerprint density at radius 2 is 2.10 bits per heavy atom. The number of hydrogen-bond donors (Lipinski definition) is 2. The number of anilines is 1. The fraction of sp³-hybridized carbons (Fsp3) is 0.500. The van der Waals surface area contributed by atoms with Crippen molar-refractivity contribution in [1.82, 2.24) is 5.32 Å². The van der Waals surface area contributed by atoms with Gasteiger partial charge >= 0.3 is 0 Å². The first-order valence-electron chi connectivity index (χ1n) is 6.80. The second kappa shape index (κ2) is 7.26. The number of nitrogens with two attached hydrogens (primary N) is 1. The maximum atomic E-state index is 12.1. The zero-order valence-electron chi connectivity index (χ0n) is 12.4. The van der Waals surface area contributed by atoms with Crippen LogP contribution < -0.4 is 11.1 Å². The predicted molar refractivity (Wildman–Crippen MR) is 83.5 cm³/mol. The van der Waals surface area contributed by atoms with Crippen LogP contribution in [0.25, 0.3) is 0 Å². The number of carbonyl (C=O) groups is 1. The summed E-state index contributed by atoms with van der Waals surface area (Å²) in [6.45, 7) is 6.09. The lowest BCUT2D eigenvalue weighted by Crippen LogP contribution is -2.33. The number of nitro groups is 1. The zero-order chi connectivity index (χ0) is 16.2. The summed E-state index contributed by atoms with van der Waals surface area (Å²) in [6.07, 6.45) is 1.87. The molecule has 0 bridgehead atoms. The number of hydrogen-bond acceptors (Lipinski definition) is 4. The van der Waals surface area contributed by atoms with Gasteiger partial charge in [-0.05, 0) is 25.3 Å². The largest absolute Gasteiger partial charge is 0.392 e. The molecule has 1 aromatic rings. The Hall–Kier alpha value is -1.82. The second-order valence-electron chi connectivity index (χ2n) is 5.27. The van der Waals surface area contributed by atoms with Gasteiger partial charge in [0.15, 0.2) is 0 Å². The topological polar surface area (TPSA) is 98.3 Å². The zero-order valence-corrected chi connectivity index (χ0v) is 13.1. The summed E-state index contributed by atoms with van der Waals surface area (Å²) in [7, 11) is 0. The molecule has 116 valence electrons. The predicted octanol–water partition coefficient (Wildman–Crippen LogP) is 3.38. The van der Waals surface area contributed by atoms with Crippen LogP contribution in [0.4, 0.5) is 11.4 Å². The van der Waals surface area contributed by atoms with E-state index in [0.717, 1.165) is 18.9 Å². The number of nitro benzene ring substituents is 1. The highest BCUT2D eigenvalue weighted by molar-refractivity contribution is 6.34. The van der Waals surface area contributed by atoms with Crippen molar-refractivity contribution in [2.45, 2.75) is 39.7 Å². The molecule has 0 aliphatic rings. The van der Waals surface area contributed by atoms with E-state index in [0.29, 0.717) is 5.92 Å². The van der Waals surface area contributed by atoms with E-state index in [1.54, 1.807) is 0 Å². The Morgan fingerprint density at radius 1 is 1.48 bits per heavy atom. The van der Waals surface area contributed by atoms with Crippen molar-refractivity contribution in [3.8, 4) is 0 Å². The molecule has 0 aliphatic heterocycles. The third-order valence-electron chi connectivity index (χ3n) is 3.40. The number of benzene rings is 1. The molecule has 0 fully saturated rings. The van der Waals surface area contributed by atoms with Crippen LogP contribution >= 0.6 is 11.6 Å². The molecule has 0 saturated heterocycles. The van der Waals surface area contributed by atoms with Crippen LogP contribution in [-0.4, -0.2) is 16.9 Å². The van der Waals surface area contributed by atoms with E-state index in [1.807, 2.05) is 6.92 Å². The van der Waals surface area contributed by atoms with Gasteiger partial charge in [0.2, 0.25) is 0 Å². The number of carbonyl (C=O) groups excluding carboxylic acids is 1. The van der Waals surface area contributed by atoms with Crippen molar-refractivity contribution < 1.29 is 9.72 Å². The van der Waals surface area contributed by atoms with E-state index in [1.165, 1.54) is 6.07 Å². The standard InChI is InChI=1S/C14H20ClN3O3/c1-4-8(2)5-9(3)17-14(19)10-6-11(15)13(16)12(7-10)18(20)21/h6-9H,4-5,16H2,1-3H3,(H,17,19). The van der Waals surface area contributed by atoms with Gasteiger partial charge in [-0.1, -0.05) is 31.9 Å². The molecule has 1 amide bonds. The summed E-state index contributed by atoms with van der Waals surface area (Å²) < 4.78 is 0. The van der Waals surface area contributed by atoms with Gasteiger partial charge in [0.05, 0.1) is 9.95 Å². The first-order valence-corrected chi connectivity index (χ1v) is 7.18. The van der Waals surface area contributed by atoms with Crippen LogP contribution in [0.2, 0.25) is 5.02 Å². The Labute approximate surface area is 128 Å². The molecule has 0 radical (unpaired) electrons. The molecule has 1 aromatic carbocycles.